The van der Waals surface area contributed by atoms with Gasteiger partial charge in [-0.3, -0.25) is 0 Å². The molecule has 0 amide bonds. The summed E-state index contributed by atoms with van der Waals surface area (Å²) in [5, 5.41) is 0. The van der Waals surface area contributed by atoms with Crippen molar-refractivity contribution in [3.05, 3.63) is 35.4 Å². The molecule has 2 heteroatoms. The van der Waals surface area contributed by atoms with Crippen molar-refractivity contribution >= 4 is 0 Å². The first-order valence-corrected chi connectivity index (χ1v) is 9.53. The summed E-state index contributed by atoms with van der Waals surface area (Å²) in [7, 11) is 0. The monoisotopic (exact) mass is 318 g/mol. The Hall–Kier alpha value is -0.860. The maximum absolute atomic E-state index is 6.09. The predicted molar refractivity (Wildman–Crippen MR) is 96.9 cm³/mol. The fourth-order valence-corrected chi connectivity index (χ4v) is 3.19. The smallest absolute Gasteiger partial charge is 0.165 e. The molecule has 1 saturated heterocycles. The molecule has 0 unspecified atom stereocenters. The van der Waals surface area contributed by atoms with Gasteiger partial charge >= 0.3 is 0 Å². The highest BCUT2D eigenvalue weighted by molar-refractivity contribution is 5.26. The molecule has 23 heavy (non-hydrogen) atoms. The first kappa shape index (κ1) is 18.5. The molecule has 0 bridgehead atoms. The molecule has 0 aromatic heterocycles. The van der Waals surface area contributed by atoms with Crippen molar-refractivity contribution in [1.29, 1.82) is 0 Å². The van der Waals surface area contributed by atoms with E-state index in [9.17, 15) is 0 Å². The van der Waals surface area contributed by atoms with Gasteiger partial charge in [0.2, 0.25) is 0 Å². The normalized spacial score (nSPS) is 24.7. The van der Waals surface area contributed by atoms with E-state index in [-0.39, 0.29) is 5.79 Å². The number of unbranched alkanes of at least 4 members (excludes halogenated alkanes) is 4. The van der Waals surface area contributed by atoms with Crippen LogP contribution in [0.5, 0.6) is 0 Å². The molecular formula is C21H34O2. The molecule has 0 aliphatic carbocycles. The second-order valence-corrected chi connectivity index (χ2v) is 7.11. The minimum absolute atomic E-state index is 0.370. The summed E-state index contributed by atoms with van der Waals surface area (Å²) >= 11 is 0. The van der Waals surface area contributed by atoms with Crippen molar-refractivity contribution in [3.63, 3.8) is 0 Å². The van der Waals surface area contributed by atoms with Crippen LogP contribution in [0.2, 0.25) is 0 Å². The van der Waals surface area contributed by atoms with E-state index in [0.29, 0.717) is 5.92 Å². The van der Waals surface area contributed by atoms with Crippen molar-refractivity contribution in [3.8, 4) is 0 Å². The van der Waals surface area contributed by atoms with E-state index < -0.39 is 0 Å². The second-order valence-electron chi connectivity index (χ2n) is 7.11. The van der Waals surface area contributed by atoms with Crippen LogP contribution in [0.3, 0.4) is 0 Å². The molecule has 0 spiro atoms. The van der Waals surface area contributed by atoms with Gasteiger partial charge in [-0.15, -0.1) is 0 Å². The summed E-state index contributed by atoms with van der Waals surface area (Å²) in [6, 6.07) is 9.05. The third-order valence-corrected chi connectivity index (χ3v) is 4.93. The van der Waals surface area contributed by atoms with Crippen LogP contribution in [-0.2, 0) is 15.9 Å². The highest BCUT2D eigenvalue weighted by atomic mass is 16.7. The molecule has 2 rings (SSSR count). The molecule has 0 radical (unpaired) electrons. The molecule has 0 saturated carbocycles. The third-order valence-electron chi connectivity index (χ3n) is 4.93. The summed E-state index contributed by atoms with van der Waals surface area (Å²) in [4.78, 5) is 0. The fourth-order valence-electron chi connectivity index (χ4n) is 3.19. The molecule has 2 nitrogen and oxygen atoms in total. The Morgan fingerprint density at radius 3 is 2.17 bits per heavy atom. The number of rotatable bonds is 9. The highest BCUT2D eigenvalue weighted by Gasteiger charge is 2.32. The lowest BCUT2D eigenvalue weighted by molar-refractivity contribution is -0.266. The Bertz CT molecular complexity index is 430. The average molecular weight is 319 g/mol. The molecule has 0 N–H and O–H groups in total. The number of aryl methyl sites for hydroxylation is 1. The Morgan fingerprint density at radius 1 is 0.913 bits per heavy atom. The zero-order chi connectivity index (χ0) is 16.5. The lowest BCUT2D eigenvalue weighted by Gasteiger charge is -2.38. The van der Waals surface area contributed by atoms with E-state index in [4.69, 9.17) is 9.47 Å². The van der Waals surface area contributed by atoms with Crippen molar-refractivity contribution in [2.24, 2.45) is 0 Å². The van der Waals surface area contributed by atoms with Crippen LogP contribution in [0, 0.1) is 0 Å². The number of hydrogen-bond donors (Lipinski definition) is 0. The van der Waals surface area contributed by atoms with Crippen molar-refractivity contribution in [2.75, 3.05) is 13.2 Å². The van der Waals surface area contributed by atoms with E-state index >= 15 is 0 Å². The van der Waals surface area contributed by atoms with Crippen molar-refractivity contribution < 1.29 is 9.47 Å². The first-order chi connectivity index (χ1) is 11.2. The lowest BCUT2D eigenvalue weighted by Crippen LogP contribution is -2.40. The van der Waals surface area contributed by atoms with E-state index in [0.717, 1.165) is 19.6 Å². The predicted octanol–water partition coefficient (Wildman–Crippen LogP) is 5.85. The Labute approximate surface area is 142 Å². The van der Waals surface area contributed by atoms with Crippen LogP contribution in [0.15, 0.2) is 24.3 Å². The van der Waals surface area contributed by atoms with Gasteiger partial charge in [0.05, 0.1) is 13.2 Å². The maximum atomic E-state index is 6.09. The zero-order valence-corrected chi connectivity index (χ0v) is 15.3. The SMILES string of the molecule is CCCCCC[C@]1(C)OC[C@@H](c2ccc(CCCC)cc2)CO1. The largest absolute Gasteiger partial charge is 0.350 e. The Balaban J connectivity index is 1.79. The van der Waals surface area contributed by atoms with Gasteiger partial charge in [0.1, 0.15) is 0 Å². The summed E-state index contributed by atoms with van der Waals surface area (Å²) in [6.07, 6.45) is 9.77. The van der Waals surface area contributed by atoms with Crippen molar-refractivity contribution in [2.45, 2.75) is 83.8 Å². The minimum Gasteiger partial charge on any atom is -0.350 e. The van der Waals surface area contributed by atoms with E-state index in [1.54, 1.807) is 0 Å². The van der Waals surface area contributed by atoms with Gasteiger partial charge in [-0.05, 0) is 37.3 Å². The molecule has 1 heterocycles. The topological polar surface area (TPSA) is 18.5 Å². The van der Waals surface area contributed by atoms with E-state index in [1.807, 2.05) is 0 Å². The standard InChI is InChI=1S/C21H34O2/c1-4-6-8-9-15-21(3)22-16-20(17-23-21)19-13-11-18(12-14-19)10-7-5-2/h11-14,20H,4-10,15-17H2,1-3H3/t20-,21-. The van der Waals surface area contributed by atoms with E-state index in [1.165, 1.54) is 56.1 Å². The maximum Gasteiger partial charge on any atom is 0.165 e. The third kappa shape index (κ3) is 5.93. The van der Waals surface area contributed by atoms with Crippen LogP contribution in [0.4, 0.5) is 0 Å². The fraction of sp³-hybridized carbons (Fsp3) is 0.714. The first-order valence-electron chi connectivity index (χ1n) is 9.53. The van der Waals surface area contributed by atoms with Crippen LogP contribution < -0.4 is 0 Å². The molecule has 1 aromatic carbocycles. The molecule has 0 atom stereocenters. The van der Waals surface area contributed by atoms with Gasteiger partial charge in [-0.1, -0.05) is 63.8 Å². The lowest BCUT2D eigenvalue weighted by atomic mass is 9.96. The summed E-state index contributed by atoms with van der Waals surface area (Å²) in [6.45, 7) is 8.14. The highest BCUT2D eigenvalue weighted by Crippen LogP contribution is 2.31. The van der Waals surface area contributed by atoms with Gasteiger partial charge in [-0.25, -0.2) is 0 Å². The summed E-state index contributed by atoms with van der Waals surface area (Å²) in [5.74, 6) is 0.00429. The Morgan fingerprint density at radius 2 is 1.57 bits per heavy atom. The molecule has 130 valence electrons. The average Bonchev–Trinajstić information content (AvgIpc) is 2.58. The summed E-state index contributed by atoms with van der Waals surface area (Å²) in [5.41, 5.74) is 2.78. The summed E-state index contributed by atoms with van der Waals surface area (Å²) < 4.78 is 12.2. The van der Waals surface area contributed by atoms with Crippen molar-refractivity contribution in [1.82, 2.24) is 0 Å². The molecule has 1 fully saturated rings. The van der Waals surface area contributed by atoms with Gasteiger partial charge in [0, 0.05) is 12.3 Å². The van der Waals surface area contributed by atoms with E-state index in [2.05, 4.69) is 45.0 Å². The van der Waals surface area contributed by atoms with Gasteiger partial charge < -0.3 is 9.47 Å². The zero-order valence-electron chi connectivity index (χ0n) is 15.3. The van der Waals surface area contributed by atoms with Gasteiger partial charge in [0.15, 0.2) is 5.79 Å². The number of ether oxygens (including phenoxy) is 2. The van der Waals surface area contributed by atoms with Gasteiger partial charge in [0.25, 0.3) is 0 Å². The molecule has 1 aliphatic heterocycles. The number of benzene rings is 1. The van der Waals surface area contributed by atoms with Crippen LogP contribution in [0.25, 0.3) is 0 Å². The minimum atomic E-state index is -0.370. The van der Waals surface area contributed by atoms with Crippen LogP contribution in [-0.4, -0.2) is 19.0 Å². The van der Waals surface area contributed by atoms with Gasteiger partial charge in [-0.2, -0.15) is 0 Å². The Kier molecular flexibility index (Phi) is 7.58. The molecule has 1 aromatic rings. The van der Waals surface area contributed by atoms with Crippen LogP contribution >= 0.6 is 0 Å². The number of hydrogen-bond acceptors (Lipinski definition) is 2. The van der Waals surface area contributed by atoms with Crippen LogP contribution in [0.1, 0.15) is 82.8 Å². The second kappa shape index (κ2) is 9.44. The molecular weight excluding hydrogens is 284 g/mol. The molecule has 1 aliphatic rings. The quantitative estimate of drug-likeness (QED) is 0.532.